The third-order valence-electron chi connectivity index (χ3n) is 2.46. The fourth-order valence-corrected chi connectivity index (χ4v) is 1.23. The van der Waals surface area contributed by atoms with Crippen molar-refractivity contribution in [1.29, 1.82) is 0 Å². The fourth-order valence-electron chi connectivity index (χ4n) is 1.23. The van der Waals surface area contributed by atoms with Crippen molar-refractivity contribution < 1.29 is 9.53 Å². The van der Waals surface area contributed by atoms with Crippen molar-refractivity contribution in [2.75, 3.05) is 6.54 Å². The normalized spacial score (nSPS) is 23.3. The van der Waals surface area contributed by atoms with E-state index >= 15 is 0 Å². The lowest BCUT2D eigenvalue weighted by molar-refractivity contribution is -0.151. The molecule has 0 atom stereocenters. The van der Waals surface area contributed by atoms with Crippen LogP contribution in [-0.2, 0) is 9.53 Å². The minimum absolute atomic E-state index is 0.0772. The molecule has 12 heavy (non-hydrogen) atoms. The van der Waals surface area contributed by atoms with Gasteiger partial charge in [-0.25, -0.2) is 0 Å². The van der Waals surface area contributed by atoms with Gasteiger partial charge in [-0.3, -0.25) is 4.79 Å². The number of nitrogens with one attached hydrogen (secondary N) is 1. The molecule has 0 amide bonds. The molecule has 2 rings (SSSR count). The van der Waals surface area contributed by atoms with Gasteiger partial charge < -0.3 is 10.1 Å². The van der Waals surface area contributed by atoms with Crippen LogP contribution in [0.5, 0.6) is 0 Å². The lowest BCUT2D eigenvalue weighted by atomic mass is 9.96. The van der Waals surface area contributed by atoms with Gasteiger partial charge in [0.1, 0.15) is 6.10 Å². The number of hydrogen-bond donors (Lipinski definition) is 1. The molecule has 0 bridgehead atoms. The number of carbonyl (C=O) groups excluding carboxylic acids is 1. The topological polar surface area (TPSA) is 38.3 Å². The molecule has 0 unspecified atom stereocenters. The van der Waals surface area contributed by atoms with Crippen molar-refractivity contribution in [3.8, 4) is 0 Å². The van der Waals surface area contributed by atoms with E-state index in [9.17, 15) is 4.79 Å². The molecule has 3 nitrogen and oxygen atoms in total. The quantitative estimate of drug-likeness (QED) is 0.634. The van der Waals surface area contributed by atoms with Gasteiger partial charge in [0.25, 0.3) is 0 Å². The van der Waals surface area contributed by atoms with Crippen molar-refractivity contribution in [3.05, 3.63) is 0 Å². The average molecular weight is 169 g/mol. The second kappa shape index (κ2) is 3.44. The van der Waals surface area contributed by atoms with Crippen molar-refractivity contribution in [1.82, 2.24) is 5.32 Å². The molecule has 0 aromatic rings. The lowest BCUT2D eigenvalue weighted by Crippen LogP contribution is -2.32. The minimum atomic E-state index is -0.0772. The van der Waals surface area contributed by atoms with Gasteiger partial charge in [0.2, 0.25) is 0 Å². The van der Waals surface area contributed by atoms with Crippen molar-refractivity contribution in [2.45, 2.75) is 44.2 Å². The Morgan fingerprint density at radius 1 is 1.33 bits per heavy atom. The summed E-state index contributed by atoms with van der Waals surface area (Å²) < 4.78 is 5.16. The predicted octanol–water partition coefficient (Wildman–Crippen LogP) is 0.834. The Hall–Kier alpha value is -0.570. The van der Waals surface area contributed by atoms with E-state index in [4.69, 9.17) is 4.74 Å². The fraction of sp³-hybridized carbons (Fsp3) is 0.889. The molecule has 0 saturated heterocycles. The minimum Gasteiger partial charge on any atom is -0.461 e. The van der Waals surface area contributed by atoms with E-state index in [1.165, 1.54) is 19.3 Å². The van der Waals surface area contributed by atoms with Gasteiger partial charge in [-0.15, -0.1) is 0 Å². The van der Waals surface area contributed by atoms with Gasteiger partial charge in [-0.2, -0.15) is 0 Å². The Labute approximate surface area is 72.5 Å². The highest BCUT2D eigenvalue weighted by Crippen LogP contribution is 2.22. The Bertz CT molecular complexity index is 173. The largest absolute Gasteiger partial charge is 0.461 e. The first-order valence-corrected chi connectivity index (χ1v) is 4.77. The van der Waals surface area contributed by atoms with Crippen LogP contribution in [0.2, 0.25) is 0 Å². The summed E-state index contributed by atoms with van der Waals surface area (Å²) in [6.45, 7) is 0.404. The van der Waals surface area contributed by atoms with Crippen LogP contribution in [-0.4, -0.2) is 24.7 Å². The van der Waals surface area contributed by atoms with Gasteiger partial charge in [0.05, 0.1) is 6.54 Å². The molecule has 68 valence electrons. The number of rotatable bonds is 4. The Morgan fingerprint density at radius 3 is 2.58 bits per heavy atom. The van der Waals surface area contributed by atoms with Crippen LogP contribution in [0.3, 0.4) is 0 Å². The molecule has 3 heteroatoms. The van der Waals surface area contributed by atoms with E-state index in [0.29, 0.717) is 12.6 Å². The van der Waals surface area contributed by atoms with Crippen LogP contribution in [0.15, 0.2) is 0 Å². The summed E-state index contributed by atoms with van der Waals surface area (Å²) in [5.74, 6) is -0.0772. The standard InChI is InChI=1S/C9H15NO2/c11-9(6-10-7-4-5-7)12-8-2-1-3-8/h7-8,10H,1-6H2. The SMILES string of the molecule is O=C(CNC1CC1)OC1CCC1. The van der Waals surface area contributed by atoms with Crippen LogP contribution in [0.4, 0.5) is 0 Å². The molecular weight excluding hydrogens is 154 g/mol. The van der Waals surface area contributed by atoms with Gasteiger partial charge in [-0.1, -0.05) is 0 Å². The summed E-state index contributed by atoms with van der Waals surface area (Å²) in [5, 5.41) is 3.14. The number of ether oxygens (including phenoxy) is 1. The molecule has 2 fully saturated rings. The first-order chi connectivity index (χ1) is 5.84. The molecule has 0 aliphatic heterocycles. The van der Waals surface area contributed by atoms with Gasteiger partial charge in [0, 0.05) is 6.04 Å². The number of carbonyl (C=O) groups is 1. The highest BCUT2D eigenvalue weighted by Gasteiger charge is 2.24. The van der Waals surface area contributed by atoms with Crippen molar-refractivity contribution in [3.63, 3.8) is 0 Å². The maximum Gasteiger partial charge on any atom is 0.320 e. The first-order valence-electron chi connectivity index (χ1n) is 4.77. The van der Waals surface area contributed by atoms with Gasteiger partial charge in [-0.05, 0) is 32.1 Å². The highest BCUT2D eigenvalue weighted by molar-refractivity contribution is 5.72. The summed E-state index contributed by atoms with van der Waals surface area (Å²) in [7, 11) is 0. The monoisotopic (exact) mass is 169 g/mol. The van der Waals surface area contributed by atoms with Crippen LogP contribution in [0.1, 0.15) is 32.1 Å². The van der Waals surface area contributed by atoms with Crippen LogP contribution in [0, 0.1) is 0 Å². The number of hydrogen-bond acceptors (Lipinski definition) is 3. The molecule has 2 aliphatic rings. The first kappa shape index (κ1) is 8.05. The third kappa shape index (κ3) is 2.21. The Kier molecular flexibility index (Phi) is 2.30. The maximum absolute atomic E-state index is 11.1. The Morgan fingerprint density at radius 2 is 2.08 bits per heavy atom. The number of esters is 1. The maximum atomic E-state index is 11.1. The summed E-state index contributed by atoms with van der Waals surface area (Å²) in [4.78, 5) is 11.1. The molecule has 0 radical (unpaired) electrons. The summed E-state index contributed by atoms with van der Waals surface area (Å²) in [5.41, 5.74) is 0. The molecule has 2 aliphatic carbocycles. The van der Waals surface area contributed by atoms with Crippen LogP contribution < -0.4 is 5.32 Å². The predicted molar refractivity (Wildman–Crippen MR) is 44.8 cm³/mol. The second-order valence-corrected chi connectivity index (χ2v) is 3.70. The lowest BCUT2D eigenvalue weighted by Gasteiger charge is -2.25. The van der Waals surface area contributed by atoms with Crippen molar-refractivity contribution >= 4 is 5.97 Å². The summed E-state index contributed by atoms with van der Waals surface area (Å²) in [6.07, 6.45) is 6.02. The smallest absolute Gasteiger partial charge is 0.320 e. The molecule has 0 aromatic heterocycles. The molecule has 0 spiro atoms. The van der Waals surface area contributed by atoms with E-state index in [2.05, 4.69) is 5.32 Å². The molecular formula is C9H15NO2. The highest BCUT2D eigenvalue weighted by atomic mass is 16.5. The molecule has 0 heterocycles. The molecule has 0 aromatic carbocycles. The zero-order valence-corrected chi connectivity index (χ0v) is 7.21. The molecule has 1 N–H and O–H groups in total. The zero-order valence-electron chi connectivity index (χ0n) is 7.21. The summed E-state index contributed by atoms with van der Waals surface area (Å²) >= 11 is 0. The molecule has 2 saturated carbocycles. The van der Waals surface area contributed by atoms with Crippen LogP contribution in [0.25, 0.3) is 0 Å². The Balaban J connectivity index is 1.56. The third-order valence-corrected chi connectivity index (χ3v) is 2.46. The zero-order chi connectivity index (χ0) is 8.39. The van der Waals surface area contributed by atoms with Gasteiger partial charge >= 0.3 is 5.97 Å². The van der Waals surface area contributed by atoms with E-state index in [1.807, 2.05) is 0 Å². The van der Waals surface area contributed by atoms with E-state index < -0.39 is 0 Å². The van der Waals surface area contributed by atoms with Crippen LogP contribution >= 0.6 is 0 Å². The van der Waals surface area contributed by atoms with Crippen molar-refractivity contribution in [2.24, 2.45) is 0 Å². The second-order valence-electron chi connectivity index (χ2n) is 3.70. The van der Waals surface area contributed by atoms with Gasteiger partial charge in [0.15, 0.2) is 0 Å². The summed E-state index contributed by atoms with van der Waals surface area (Å²) in [6, 6.07) is 0.596. The van der Waals surface area contributed by atoms with E-state index in [1.54, 1.807) is 0 Å². The average Bonchev–Trinajstić information content (AvgIpc) is 2.76. The van der Waals surface area contributed by atoms with E-state index in [0.717, 1.165) is 12.8 Å². The van der Waals surface area contributed by atoms with E-state index in [-0.39, 0.29) is 12.1 Å².